The van der Waals surface area contributed by atoms with Crippen molar-refractivity contribution < 1.29 is 32.3 Å². The highest BCUT2D eigenvalue weighted by molar-refractivity contribution is 7.91. The number of aliphatic carboxylic acids is 1. The zero-order chi connectivity index (χ0) is 34.3. The molecule has 1 amide bonds. The summed E-state index contributed by atoms with van der Waals surface area (Å²) in [7, 11) is -6.16. The number of carbonyl (C=O) groups is 2. The average molecular weight is 668 g/mol. The molecule has 250 valence electrons. The first kappa shape index (κ1) is 37.0. The van der Waals surface area contributed by atoms with Crippen molar-refractivity contribution in [3.05, 3.63) is 96.1 Å². The molecule has 3 aromatic carbocycles. The summed E-state index contributed by atoms with van der Waals surface area (Å²) in [5, 5.41) is 13.3. The number of sulfone groups is 1. The Morgan fingerprint density at radius 2 is 1.28 bits per heavy atom. The molecule has 8 nitrogen and oxygen atoms in total. The number of carbonyl (C=O) groups excluding carboxylic acids is 1. The molecule has 3 atom stereocenters. The van der Waals surface area contributed by atoms with E-state index in [4.69, 9.17) is 9.16 Å². The largest absolute Gasteiger partial charge is 0.481 e. The third kappa shape index (κ3) is 10.5. The number of ether oxygens (including phenoxy) is 1. The third-order valence-corrected chi connectivity index (χ3v) is 14.6. The van der Waals surface area contributed by atoms with E-state index in [2.05, 4.69) is 39.2 Å². The fourth-order valence-electron chi connectivity index (χ4n) is 4.83. The van der Waals surface area contributed by atoms with Crippen LogP contribution in [-0.4, -0.2) is 51.7 Å². The van der Waals surface area contributed by atoms with Gasteiger partial charge in [0.05, 0.1) is 27.9 Å². The molecule has 0 spiro atoms. The molecule has 0 unspecified atom stereocenters. The van der Waals surface area contributed by atoms with E-state index in [1.807, 2.05) is 30.3 Å². The third-order valence-electron chi connectivity index (χ3n) is 8.34. The summed E-state index contributed by atoms with van der Waals surface area (Å²) in [6, 6.07) is 23.7. The molecule has 0 aliphatic carbocycles. The second-order valence-corrected chi connectivity index (χ2v) is 21.0. The van der Waals surface area contributed by atoms with Gasteiger partial charge in [0.15, 0.2) is 8.32 Å². The Bertz CT molecular complexity index is 1550. The molecule has 0 heterocycles. The van der Waals surface area contributed by atoms with Crippen LogP contribution in [0.1, 0.15) is 59.1 Å². The minimum Gasteiger partial charge on any atom is -0.481 e. The quantitative estimate of drug-likeness (QED) is 0.180. The number of nitrogens with one attached hydrogen (secondary N) is 1. The lowest BCUT2D eigenvalue weighted by Crippen LogP contribution is -2.54. The summed E-state index contributed by atoms with van der Waals surface area (Å²) in [4.78, 5) is 26.2. The number of carboxylic acid groups (broad SMARTS) is 1. The van der Waals surface area contributed by atoms with Crippen LogP contribution in [-0.2, 0) is 36.6 Å². The van der Waals surface area contributed by atoms with Crippen LogP contribution in [0.4, 0.5) is 4.79 Å². The number of alkyl carbamates (subject to hydrolysis) is 1. The summed E-state index contributed by atoms with van der Waals surface area (Å²) in [6.07, 6.45) is -0.549. The van der Waals surface area contributed by atoms with Crippen LogP contribution in [0.2, 0.25) is 18.1 Å². The number of hydrogen-bond acceptors (Lipinski definition) is 6. The Labute approximate surface area is 275 Å². The molecule has 0 aromatic heterocycles. The van der Waals surface area contributed by atoms with Crippen LogP contribution in [0.3, 0.4) is 0 Å². The lowest BCUT2D eigenvalue weighted by atomic mass is 9.89. The number of carboxylic acids is 1. The minimum absolute atomic E-state index is 0.124. The van der Waals surface area contributed by atoms with Crippen molar-refractivity contribution in [3.63, 3.8) is 0 Å². The fraction of sp³-hybridized carbons (Fsp3) is 0.444. The second kappa shape index (κ2) is 15.0. The van der Waals surface area contributed by atoms with Gasteiger partial charge >= 0.3 is 12.1 Å². The number of rotatable bonds is 13. The van der Waals surface area contributed by atoms with E-state index in [1.54, 1.807) is 63.2 Å². The van der Waals surface area contributed by atoms with Crippen molar-refractivity contribution in [3.8, 4) is 0 Å². The van der Waals surface area contributed by atoms with Crippen LogP contribution in [0.15, 0.2) is 94.7 Å². The van der Waals surface area contributed by atoms with Crippen LogP contribution in [0, 0.1) is 5.92 Å². The van der Waals surface area contributed by atoms with Crippen LogP contribution in [0.5, 0.6) is 0 Å². The first-order valence-electron chi connectivity index (χ1n) is 15.6. The highest BCUT2D eigenvalue weighted by Gasteiger charge is 2.42. The van der Waals surface area contributed by atoms with E-state index in [1.165, 1.54) is 12.1 Å². The molecule has 0 aliphatic heterocycles. The molecule has 3 rings (SSSR count). The summed E-state index contributed by atoms with van der Waals surface area (Å²) in [5.41, 5.74) is 0.931. The van der Waals surface area contributed by atoms with Crippen molar-refractivity contribution in [2.24, 2.45) is 5.92 Å². The maximum atomic E-state index is 13.1. The predicted octanol–water partition coefficient (Wildman–Crippen LogP) is 7.68. The molecule has 0 aliphatic rings. The molecule has 0 fully saturated rings. The molecule has 46 heavy (non-hydrogen) atoms. The molecule has 0 bridgehead atoms. The minimum atomic E-state index is -3.70. The Hall–Kier alpha value is -3.47. The summed E-state index contributed by atoms with van der Waals surface area (Å²) < 4.78 is 38.7. The van der Waals surface area contributed by atoms with Crippen molar-refractivity contribution >= 4 is 30.2 Å². The average Bonchev–Trinajstić information content (AvgIpc) is 2.95. The first-order chi connectivity index (χ1) is 21.3. The van der Waals surface area contributed by atoms with Gasteiger partial charge in [0.25, 0.3) is 0 Å². The van der Waals surface area contributed by atoms with Gasteiger partial charge in [0.1, 0.15) is 5.60 Å². The van der Waals surface area contributed by atoms with E-state index in [9.17, 15) is 23.1 Å². The zero-order valence-electron chi connectivity index (χ0n) is 28.2. The Morgan fingerprint density at radius 3 is 1.78 bits per heavy atom. The molecular weight excluding hydrogens is 619 g/mol. The fourth-order valence-corrected chi connectivity index (χ4v) is 7.48. The van der Waals surface area contributed by atoms with Crippen molar-refractivity contribution in [1.82, 2.24) is 5.32 Å². The van der Waals surface area contributed by atoms with Gasteiger partial charge in [-0.05, 0) is 93.6 Å². The zero-order valence-corrected chi connectivity index (χ0v) is 30.1. The normalized spacial score (nSPS) is 14.6. The number of amides is 1. The SMILES string of the molecule is CC(C)(C)OC(=O)N[C@@H](Cc1ccccc1)[C@@H](C[C@H](Cc1ccc(S(=O)(=O)c2ccccc2)cc1)C(=O)O)O[Si](C)(C)C(C)(C)C. The van der Waals surface area contributed by atoms with Gasteiger partial charge in [-0.15, -0.1) is 0 Å². The topological polar surface area (TPSA) is 119 Å². The summed E-state index contributed by atoms with van der Waals surface area (Å²) in [5.74, 6) is -1.87. The number of hydrogen-bond donors (Lipinski definition) is 2. The maximum absolute atomic E-state index is 13.1. The van der Waals surface area contributed by atoms with E-state index in [-0.39, 0.29) is 27.7 Å². The summed E-state index contributed by atoms with van der Waals surface area (Å²) >= 11 is 0. The number of benzene rings is 3. The lowest BCUT2D eigenvalue weighted by Gasteiger charge is -2.42. The van der Waals surface area contributed by atoms with Gasteiger partial charge < -0.3 is 19.6 Å². The van der Waals surface area contributed by atoms with E-state index >= 15 is 0 Å². The molecule has 3 aromatic rings. The Kier molecular flexibility index (Phi) is 12.0. The van der Waals surface area contributed by atoms with E-state index in [0.717, 1.165) is 5.56 Å². The monoisotopic (exact) mass is 667 g/mol. The lowest BCUT2D eigenvalue weighted by molar-refractivity contribution is -0.142. The van der Waals surface area contributed by atoms with Crippen LogP contribution in [0.25, 0.3) is 0 Å². The Balaban J connectivity index is 1.96. The van der Waals surface area contributed by atoms with Gasteiger partial charge in [-0.1, -0.05) is 81.4 Å². The van der Waals surface area contributed by atoms with Crippen LogP contribution < -0.4 is 5.32 Å². The van der Waals surface area contributed by atoms with Crippen molar-refractivity contribution in [1.29, 1.82) is 0 Å². The molecule has 10 heteroatoms. The highest BCUT2D eigenvalue weighted by atomic mass is 32.2. The van der Waals surface area contributed by atoms with Gasteiger partial charge in [-0.25, -0.2) is 13.2 Å². The molecular formula is C36H49NO7SSi. The first-order valence-corrected chi connectivity index (χ1v) is 20.0. The smallest absolute Gasteiger partial charge is 0.407 e. The van der Waals surface area contributed by atoms with Crippen molar-refractivity contribution in [2.45, 2.75) is 106 Å². The molecule has 0 saturated heterocycles. The highest BCUT2D eigenvalue weighted by Crippen LogP contribution is 2.39. The maximum Gasteiger partial charge on any atom is 0.407 e. The molecule has 2 N–H and O–H groups in total. The molecule has 0 radical (unpaired) electrons. The summed E-state index contributed by atoms with van der Waals surface area (Å²) in [6.45, 7) is 15.9. The van der Waals surface area contributed by atoms with Crippen molar-refractivity contribution in [2.75, 3.05) is 0 Å². The molecule has 0 saturated carbocycles. The van der Waals surface area contributed by atoms with Gasteiger partial charge in [-0.3, -0.25) is 4.79 Å². The second-order valence-electron chi connectivity index (χ2n) is 14.3. The van der Waals surface area contributed by atoms with Gasteiger partial charge in [0.2, 0.25) is 9.84 Å². The van der Waals surface area contributed by atoms with Gasteiger partial charge in [-0.2, -0.15) is 0 Å². The predicted molar refractivity (Wildman–Crippen MR) is 183 cm³/mol. The van der Waals surface area contributed by atoms with E-state index in [0.29, 0.717) is 12.0 Å². The van der Waals surface area contributed by atoms with Crippen LogP contribution >= 0.6 is 0 Å². The standard InChI is InChI=1S/C36H49NO7SSi/c1-35(2,3)43-34(40)37-31(24-26-15-11-9-12-16-26)32(44-46(7,8)36(4,5)6)25-28(33(38)39)23-27-19-21-30(22-20-27)45(41,42)29-17-13-10-14-18-29/h9-22,28,31-32H,23-25H2,1-8H3,(H,37,40)(H,38,39)/t28-,31-,32+/m0/s1. The Morgan fingerprint density at radius 1 is 0.783 bits per heavy atom. The van der Waals surface area contributed by atoms with E-state index < -0.39 is 53.9 Å². The van der Waals surface area contributed by atoms with Gasteiger partial charge in [0, 0.05) is 0 Å².